The minimum atomic E-state index is -3.51. The Morgan fingerprint density at radius 1 is 1.04 bits per heavy atom. The van der Waals surface area contributed by atoms with Gasteiger partial charge in [0.25, 0.3) is 5.91 Å². The molecule has 0 spiro atoms. The summed E-state index contributed by atoms with van der Waals surface area (Å²) < 4.78 is 27.2. The number of benzene rings is 1. The third-order valence-electron chi connectivity index (χ3n) is 5.19. The molecule has 2 aliphatic heterocycles. The first-order valence-electron chi connectivity index (χ1n) is 9.27. The lowest BCUT2D eigenvalue weighted by Crippen LogP contribution is -2.42. The molecule has 1 aromatic rings. The van der Waals surface area contributed by atoms with Crippen molar-refractivity contribution in [3.63, 3.8) is 0 Å². The predicted octanol–water partition coefficient (Wildman–Crippen LogP) is 2.98. The van der Waals surface area contributed by atoms with Gasteiger partial charge in [0.15, 0.2) is 0 Å². The quantitative estimate of drug-likeness (QED) is 0.828. The Hall–Kier alpha value is -1.40. The topological polar surface area (TPSA) is 57.7 Å². The second kappa shape index (κ2) is 7.46. The van der Waals surface area contributed by atoms with Crippen LogP contribution >= 0.6 is 0 Å². The van der Waals surface area contributed by atoms with Gasteiger partial charge in [0.2, 0.25) is 10.0 Å². The SMILES string of the molecule is C[C@@H]1C[C@H](C)CN(C(=O)c2cccc(S(=O)(=O)N3CCCCC3)c2)C1. The van der Waals surface area contributed by atoms with Crippen molar-refractivity contribution in [2.24, 2.45) is 11.8 Å². The highest BCUT2D eigenvalue weighted by Gasteiger charge is 2.29. The third kappa shape index (κ3) is 4.06. The summed E-state index contributed by atoms with van der Waals surface area (Å²) in [4.78, 5) is 15.0. The number of sulfonamides is 1. The fraction of sp³-hybridized carbons (Fsp3) is 0.632. The summed E-state index contributed by atoms with van der Waals surface area (Å²) in [6, 6.07) is 6.56. The van der Waals surface area contributed by atoms with E-state index in [4.69, 9.17) is 0 Å². The Kier molecular flexibility index (Phi) is 5.49. The average molecular weight is 365 g/mol. The number of carbonyl (C=O) groups excluding carboxylic acids is 1. The van der Waals surface area contributed by atoms with Crippen LogP contribution < -0.4 is 0 Å². The summed E-state index contributed by atoms with van der Waals surface area (Å²) in [6.45, 7) is 6.95. The second-order valence-corrected chi connectivity index (χ2v) is 9.59. The summed E-state index contributed by atoms with van der Waals surface area (Å²) in [5.74, 6) is 0.898. The Morgan fingerprint density at radius 2 is 1.68 bits per heavy atom. The van der Waals surface area contributed by atoms with Crippen LogP contribution in [0.15, 0.2) is 29.2 Å². The van der Waals surface area contributed by atoms with Crippen molar-refractivity contribution in [2.45, 2.75) is 44.4 Å². The lowest BCUT2D eigenvalue weighted by Gasteiger charge is -2.35. The number of amides is 1. The zero-order valence-electron chi connectivity index (χ0n) is 15.1. The fourth-order valence-electron chi connectivity index (χ4n) is 4.06. The molecule has 2 atom stereocenters. The van der Waals surface area contributed by atoms with E-state index >= 15 is 0 Å². The van der Waals surface area contributed by atoms with Gasteiger partial charge in [-0.2, -0.15) is 4.31 Å². The van der Waals surface area contributed by atoms with Crippen molar-refractivity contribution in [3.05, 3.63) is 29.8 Å². The summed E-state index contributed by atoms with van der Waals surface area (Å²) in [5, 5.41) is 0. The second-order valence-electron chi connectivity index (χ2n) is 7.65. The summed E-state index contributed by atoms with van der Waals surface area (Å²) >= 11 is 0. The highest BCUT2D eigenvalue weighted by molar-refractivity contribution is 7.89. The van der Waals surface area contributed by atoms with E-state index in [0.717, 1.165) is 38.8 Å². The lowest BCUT2D eigenvalue weighted by atomic mass is 9.91. The lowest BCUT2D eigenvalue weighted by molar-refractivity contribution is 0.0623. The maximum Gasteiger partial charge on any atom is 0.253 e. The Bertz CT molecular complexity index is 716. The van der Waals surface area contributed by atoms with Crippen LogP contribution in [0.5, 0.6) is 0 Å². The number of carbonyl (C=O) groups is 1. The van der Waals surface area contributed by atoms with Gasteiger partial charge in [-0.1, -0.05) is 26.3 Å². The molecule has 0 N–H and O–H groups in total. The van der Waals surface area contributed by atoms with Crippen LogP contribution in [0, 0.1) is 11.8 Å². The molecule has 1 aromatic carbocycles. The zero-order chi connectivity index (χ0) is 18.0. The van der Waals surface area contributed by atoms with Crippen molar-refractivity contribution in [1.82, 2.24) is 9.21 Å². The van der Waals surface area contributed by atoms with Crippen molar-refractivity contribution in [1.29, 1.82) is 0 Å². The average Bonchev–Trinajstić information content (AvgIpc) is 2.61. The Balaban J connectivity index is 1.82. The third-order valence-corrected chi connectivity index (χ3v) is 7.08. The van der Waals surface area contributed by atoms with Gasteiger partial charge in [0.1, 0.15) is 0 Å². The first-order chi connectivity index (χ1) is 11.9. The molecular weight excluding hydrogens is 336 g/mol. The molecule has 0 saturated carbocycles. The number of hydrogen-bond acceptors (Lipinski definition) is 3. The van der Waals surface area contributed by atoms with Crippen LogP contribution in [0.2, 0.25) is 0 Å². The molecule has 0 bridgehead atoms. The summed E-state index contributed by atoms with van der Waals surface area (Å²) in [5.41, 5.74) is 0.472. The minimum Gasteiger partial charge on any atom is -0.338 e. The van der Waals surface area contributed by atoms with Crippen molar-refractivity contribution in [2.75, 3.05) is 26.2 Å². The Morgan fingerprint density at radius 3 is 2.32 bits per heavy atom. The largest absolute Gasteiger partial charge is 0.338 e. The highest BCUT2D eigenvalue weighted by Crippen LogP contribution is 2.25. The van der Waals surface area contributed by atoms with Gasteiger partial charge >= 0.3 is 0 Å². The van der Waals surface area contributed by atoms with Gasteiger partial charge in [0.05, 0.1) is 4.90 Å². The van der Waals surface area contributed by atoms with Crippen LogP contribution in [-0.4, -0.2) is 49.7 Å². The van der Waals surface area contributed by atoms with E-state index in [0.29, 0.717) is 30.5 Å². The van der Waals surface area contributed by atoms with Crippen LogP contribution in [0.4, 0.5) is 0 Å². The highest BCUT2D eigenvalue weighted by atomic mass is 32.2. The molecule has 2 aliphatic rings. The van der Waals surface area contributed by atoms with Crippen LogP contribution in [0.25, 0.3) is 0 Å². The van der Waals surface area contributed by atoms with E-state index < -0.39 is 10.0 Å². The number of hydrogen-bond donors (Lipinski definition) is 0. The molecule has 0 aliphatic carbocycles. The molecule has 5 nitrogen and oxygen atoms in total. The first kappa shape index (κ1) is 18.4. The first-order valence-corrected chi connectivity index (χ1v) is 10.7. The fourth-order valence-corrected chi connectivity index (χ4v) is 5.62. The number of piperidine rings is 2. The molecular formula is C19H28N2O3S. The molecule has 0 radical (unpaired) electrons. The van der Waals surface area contributed by atoms with Crippen LogP contribution in [0.1, 0.15) is 49.9 Å². The van der Waals surface area contributed by atoms with E-state index in [-0.39, 0.29) is 10.8 Å². The molecule has 0 aromatic heterocycles. The van der Waals surface area contributed by atoms with E-state index in [1.807, 2.05) is 4.90 Å². The molecule has 1 amide bonds. The van der Waals surface area contributed by atoms with Gasteiger partial charge in [-0.15, -0.1) is 0 Å². The van der Waals surface area contributed by atoms with E-state index in [2.05, 4.69) is 13.8 Å². The smallest absolute Gasteiger partial charge is 0.253 e. The molecule has 25 heavy (non-hydrogen) atoms. The maximum atomic E-state index is 12.9. The summed E-state index contributed by atoms with van der Waals surface area (Å²) in [7, 11) is -3.51. The molecule has 2 heterocycles. The van der Waals surface area contributed by atoms with E-state index in [1.54, 1.807) is 28.6 Å². The van der Waals surface area contributed by atoms with Crippen LogP contribution in [-0.2, 0) is 10.0 Å². The van der Waals surface area contributed by atoms with Crippen molar-refractivity contribution in [3.8, 4) is 0 Å². The van der Waals surface area contributed by atoms with Gasteiger partial charge < -0.3 is 4.90 Å². The van der Waals surface area contributed by atoms with Crippen molar-refractivity contribution >= 4 is 15.9 Å². The normalized spacial score (nSPS) is 25.8. The molecule has 0 unspecified atom stereocenters. The molecule has 138 valence electrons. The van der Waals surface area contributed by atoms with Crippen molar-refractivity contribution < 1.29 is 13.2 Å². The zero-order valence-corrected chi connectivity index (χ0v) is 16.0. The predicted molar refractivity (Wildman–Crippen MR) is 97.9 cm³/mol. The minimum absolute atomic E-state index is 0.0610. The number of rotatable bonds is 3. The van der Waals surface area contributed by atoms with Gasteiger partial charge in [-0.05, 0) is 49.3 Å². The standard InChI is InChI=1S/C19H28N2O3S/c1-15-11-16(2)14-20(13-15)19(22)17-7-6-8-18(12-17)25(23,24)21-9-4-3-5-10-21/h6-8,12,15-16H,3-5,9-11,13-14H2,1-2H3/t15-,16+. The van der Waals surface area contributed by atoms with E-state index in [1.165, 1.54) is 0 Å². The molecule has 2 saturated heterocycles. The van der Waals surface area contributed by atoms with Gasteiger partial charge in [0, 0.05) is 31.7 Å². The van der Waals surface area contributed by atoms with Gasteiger partial charge in [-0.25, -0.2) is 8.42 Å². The van der Waals surface area contributed by atoms with E-state index in [9.17, 15) is 13.2 Å². The van der Waals surface area contributed by atoms with Gasteiger partial charge in [-0.3, -0.25) is 4.79 Å². The molecule has 3 rings (SSSR count). The Labute approximate surface area is 151 Å². The number of likely N-dealkylation sites (tertiary alicyclic amines) is 1. The van der Waals surface area contributed by atoms with Crippen LogP contribution in [0.3, 0.4) is 0 Å². The maximum absolute atomic E-state index is 12.9. The monoisotopic (exact) mass is 364 g/mol. The number of nitrogens with zero attached hydrogens (tertiary/aromatic N) is 2. The molecule has 2 fully saturated rings. The summed E-state index contributed by atoms with van der Waals surface area (Å²) in [6.07, 6.45) is 4.02. The molecule has 6 heteroatoms.